The predicted molar refractivity (Wildman–Crippen MR) is 56.5 cm³/mol. The molecule has 0 aliphatic carbocycles. The normalized spacial score (nSPS) is 14.7. The highest BCUT2D eigenvalue weighted by atomic mass is 16.5. The highest BCUT2D eigenvalue weighted by molar-refractivity contribution is 5.79. The second-order valence-electron chi connectivity index (χ2n) is 3.62. The summed E-state index contributed by atoms with van der Waals surface area (Å²) < 4.78 is 14.7. The lowest BCUT2D eigenvalue weighted by Crippen LogP contribution is -2.45. The quantitative estimate of drug-likeness (QED) is 0.470. The molecule has 0 radical (unpaired) electrons. The summed E-state index contributed by atoms with van der Waals surface area (Å²) in [6.45, 7) is 3.38. The minimum absolute atomic E-state index is 0.389. The monoisotopic (exact) mass is 219 g/mol. The lowest BCUT2D eigenvalue weighted by molar-refractivity contribution is -0.146. The Balaban J connectivity index is 3.53. The molecule has 0 spiro atoms. The summed E-state index contributed by atoms with van der Waals surface area (Å²) in [6, 6.07) is 0. The Morgan fingerprint density at radius 1 is 1.27 bits per heavy atom. The number of carbonyl (C=O) groups excluding carboxylic acids is 1. The number of carbonyl (C=O) groups is 1. The van der Waals surface area contributed by atoms with Gasteiger partial charge in [-0.3, -0.25) is 4.79 Å². The molecule has 0 rings (SSSR count). The Morgan fingerprint density at radius 3 is 2.47 bits per heavy atom. The highest BCUT2D eigenvalue weighted by Gasteiger charge is 2.28. The summed E-state index contributed by atoms with van der Waals surface area (Å²) in [4.78, 5) is 11.2. The first-order valence-corrected chi connectivity index (χ1v) is 4.98. The van der Waals surface area contributed by atoms with Crippen molar-refractivity contribution in [3.63, 3.8) is 0 Å². The SMILES string of the molecule is COCCOCCCC(C)(N)C(=O)OC. The molecule has 5 heteroatoms. The van der Waals surface area contributed by atoms with Crippen LogP contribution in [-0.4, -0.2) is 45.5 Å². The van der Waals surface area contributed by atoms with E-state index in [9.17, 15) is 4.79 Å². The lowest BCUT2D eigenvalue weighted by Gasteiger charge is -2.20. The zero-order valence-electron chi connectivity index (χ0n) is 9.75. The molecule has 0 saturated carbocycles. The molecule has 0 aromatic carbocycles. The average Bonchev–Trinajstić information content (AvgIpc) is 2.22. The van der Waals surface area contributed by atoms with Gasteiger partial charge in [0, 0.05) is 13.7 Å². The molecule has 0 bridgehead atoms. The molecule has 0 amide bonds. The molecule has 0 aliphatic rings. The Hall–Kier alpha value is -0.650. The fourth-order valence-corrected chi connectivity index (χ4v) is 1.12. The van der Waals surface area contributed by atoms with E-state index in [0.29, 0.717) is 26.2 Å². The second-order valence-corrected chi connectivity index (χ2v) is 3.62. The van der Waals surface area contributed by atoms with Crippen LogP contribution in [0.15, 0.2) is 0 Å². The Bertz CT molecular complexity index is 182. The molecular weight excluding hydrogens is 198 g/mol. The number of ether oxygens (including phenoxy) is 3. The Labute approximate surface area is 90.9 Å². The van der Waals surface area contributed by atoms with E-state index in [1.54, 1.807) is 14.0 Å². The van der Waals surface area contributed by atoms with Crippen LogP contribution in [0.25, 0.3) is 0 Å². The number of esters is 1. The Kier molecular flexibility index (Phi) is 7.29. The maximum atomic E-state index is 11.2. The van der Waals surface area contributed by atoms with E-state index >= 15 is 0 Å². The molecule has 0 heterocycles. The van der Waals surface area contributed by atoms with Gasteiger partial charge in [0.2, 0.25) is 0 Å². The first-order valence-electron chi connectivity index (χ1n) is 4.98. The van der Waals surface area contributed by atoms with E-state index in [1.807, 2.05) is 0 Å². The van der Waals surface area contributed by atoms with E-state index in [4.69, 9.17) is 15.2 Å². The molecule has 1 atom stereocenters. The van der Waals surface area contributed by atoms with Crippen molar-refractivity contribution in [3.8, 4) is 0 Å². The van der Waals surface area contributed by atoms with E-state index in [1.165, 1.54) is 7.11 Å². The molecule has 1 unspecified atom stereocenters. The molecule has 0 aromatic heterocycles. The molecule has 0 fully saturated rings. The largest absolute Gasteiger partial charge is 0.468 e. The van der Waals surface area contributed by atoms with Crippen molar-refractivity contribution in [3.05, 3.63) is 0 Å². The summed E-state index contributed by atoms with van der Waals surface area (Å²) in [7, 11) is 2.96. The average molecular weight is 219 g/mol. The van der Waals surface area contributed by atoms with Gasteiger partial charge in [-0.2, -0.15) is 0 Å². The topological polar surface area (TPSA) is 70.8 Å². The van der Waals surface area contributed by atoms with Gasteiger partial charge >= 0.3 is 5.97 Å². The van der Waals surface area contributed by atoms with Crippen molar-refractivity contribution < 1.29 is 19.0 Å². The van der Waals surface area contributed by atoms with Crippen LogP contribution < -0.4 is 5.73 Å². The molecule has 0 saturated heterocycles. The first kappa shape index (κ1) is 14.3. The highest BCUT2D eigenvalue weighted by Crippen LogP contribution is 2.10. The molecule has 2 N–H and O–H groups in total. The summed E-state index contributed by atoms with van der Waals surface area (Å²) in [5.41, 5.74) is 4.84. The third-order valence-corrected chi connectivity index (χ3v) is 2.07. The number of methoxy groups -OCH3 is 2. The summed E-state index contributed by atoms with van der Waals surface area (Å²) in [6.07, 6.45) is 1.28. The minimum atomic E-state index is -0.917. The van der Waals surface area contributed by atoms with Crippen LogP contribution in [0.1, 0.15) is 19.8 Å². The van der Waals surface area contributed by atoms with Crippen molar-refractivity contribution in [2.75, 3.05) is 34.0 Å². The second kappa shape index (κ2) is 7.62. The van der Waals surface area contributed by atoms with Crippen molar-refractivity contribution in [2.24, 2.45) is 5.73 Å². The van der Waals surface area contributed by atoms with Gasteiger partial charge in [-0.15, -0.1) is 0 Å². The minimum Gasteiger partial charge on any atom is -0.468 e. The van der Waals surface area contributed by atoms with Gasteiger partial charge in [-0.25, -0.2) is 0 Å². The molecule has 5 nitrogen and oxygen atoms in total. The molecule has 90 valence electrons. The molecular formula is C10H21NO4. The Morgan fingerprint density at radius 2 is 1.93 bits per heavy atom. The van der Waals surface area contributed by atoms with Gasteiger partial charge in [0.1, 0.15) is 5.54 Å². The molecule has 0 aromatic rings. The van der Waals surface area contributed by atoms with Crippen LogP contribution >= 0.6 is 0 Å². The van der Waals surface area contributed by atoms with Gasteiger partial charge in [0.05, 0.1) is 20.3 Å². The van der Waals surface area contributed by atoms with E-state index in [0.717, 1.165) is 6.42 Å². The van der Waals surface area contributed by atoms with Crippen LogP contribution in [-0.2, 0) is 19.0 Å². The predicted octanol–water partition coefficient (Wildman–Crippen LogP) is 0.320. The van der Waals surface area contributed by atoms with Crippen LogP contribution in [0.3, 0.4) is 0 Å². The fraction of sp³-hybridized carbons (Fsp3) is 0.900. The lowest BCUT2D eigenvalue weighted by atomic mass is 9.98. The maximum Gasteiger partial charge on any atom is 0.325 e. The van der Waals surface area contributed by atoms with Crippen molar-refractivity contribution >= 4 is 5.97 Å². The van der Waals surface area contributed by atoms with Crippen LogP contribution in [0.5, 0.6) is 0 Å². The van der Waals surface area contributed by atoms with Crippen LogP contribution in [0.2, 0.25) is 0 Å². The van der Waals surface area contributed by atoms with Crippen LogP contribution in [0.4, 0.5) is 0 Å². The maximum absolute atomic E-state index is 11.2. The number of rotatable bonds is 8. The number of hydrogen-bond donors (Lipinski definition) is 1. The van der Waals surface area contributed by atoms with Gasteiger partial charge in [-0.1, -0.05) is 0 Å². The summed E-state index contributed by atoms with van der Waals surface area (Å²) in [5.74, 6) is -0.389. The van der Waals surface area contributed by atoms with Gasteiger partial charge in [-0.05, 0) is 19.8 Å². The van der Waals surface area contributed by atoms with Gasteiger partial charge in [0.15, 0.2) is 0 Å². The third kappa shape index (κ3) is 6.43. The fourth-order valence-electron chi connectivity index (χ4n) is 1.12. The number of nitrogens with two attached hydrogens (primary N) is 1. The van der Waals surface area contributed by atoms with E-state index in [-0.39, 0.29) is 5.97 Å². The molecule has 0 aliphatic heterocycles. The van der Waals surface area contributed by atoms with E-state index < -0.39 is 5.54 Å². The summed E-state index contributed by atoms with van der Waals surface area (Å²) in [5, 5.41) is 0. The third-order valence-electron chi connectivity index (χ3n) is 2.07. The van der Waals surface area contributed by atoms with Crippen molar-refractivity contribution in [1.82, 2.24) is 0 Å². The van der Waals surface area contributed by atoms with Gasteiger partial charge in [0.25, 0.3) is 0 Å². The summed E-state index contributed by atoms with van der Waals surface area (Å²) >= 11 is 0. The van der Waals surface area contributed by atoms with E-state index in [2.05, 4.69) is 4.74 Å². The van der Waals surface area contributed by atoms with Crippen molar-refractivity contribution in [1.29, 1.82) is 0 Å². The first-order chi connectivity index (χ1) is 7.04. The van der Waals surface area contributed by atoms with Gasteiger partial charge < -0.3 is 19.9 Å². The molecule has 15 heavy (non-hydrogen) atoms. The van der Waals surface area contributed by atoms with Crippen LogP contribution in [0, 0.1) is 0 Å². The number of hydrogen-bond acceptors (Lipinski definition) is 5. The smallest absolute Gasteiger partial charge is 0.325 e. The zero-order valence-corrected chi connectivity index (χ0v) is 9.75. The zero-order chi connectivity index (χ0) is 11.7. The standard InChI is InChI=1S/C10H21NO4/c1-10(11,9(12)14-3)5-4-6-15-8-7-13-2/h4-8,11H2,1-3H3. The van der Waals surface area contributed by atoms with Crippen molar-refractivity contribution in [2.45, 2.75) is 25.3 Å².